The summed E-state index contributed by atoms with van der Waals surface area (Å²) >= 11 is 6.13. The van der Waals surface area contributed by atoms with Crippen LogP contribution in [0.1, 0.15) is 22.3 Å². The second-order valence-corrected chi connectivity index (χ2v) is 8.21. The van der Waals surface area contributed by atoms with E-state index in [9.17, 15) is 14.9 Å². The number of nitrogens with one attached hydrogen (secondary N) is 2. The Kier molecular flexibility index (Phi) is 8.07. The third kappa shape index (κ3) is 6.47. The number of anilines is 2. The van der Waals surface area contributed by atoms with Crippen LogP contribution in [0.15, 0.2) is 66.2 Å². The summed E-state index contributed by atoms with van der Waals surface area (Å²) in [6.45, 7) is 5.48. The third-order valence-electron chi connectivity index (χ3n) is 5.04. The maximum Gasteiger partial charge on any atom is 0.266 e. The van der Waals surface area contributed by atoms with Crippen molar-refractivity contribution < 1.29 is 14.3 Å². The molecule has 0 aliphatic carbocycles. The van der Waals surface area contributed by atoms with Crippen LogP contribution in [0.25, 0.3) is 6.08 Å². The Morgan fingerprint density at radius 1 is 0.971 bits per heavy atom. The molecule has 2 N–H and O–H groups in total. The van der Waals surface area contributed by atoms with Crippen LogP contribution >= 0.6 is 11.6 Å². The van der Waals surface area contributed by atoms with E-state index in [1.165, 1.54) is 6.08 Å². The largest absolute Gasteiger partial charge is 0.483 e. The molecule has 0 saturated carbocycles. The van der Waals surface area contributed by atoms with Crippen molar-refractivity contribution in [3.05, 3.63) is 93.5 Å². The van der Waals surface area contributed by atoms with Crippen molar-refractivity contribution >= 4 is 40.9 Å². The van der Waals surface area contributed by atoms with Gasteiger partial charge in [0.1, 0.15) is 17.4 Å². The summed E-state index contributed by atoms with van der Waals surface area (Å²) in [4.78, 5) is 25.1. The van der Waals surface area contributed by atoms with E-state index in [1.54, 1.807) is 30.3 Å². The lowest BCUT2D eigenvalue weighted by molar-refractivity contribution is -0.118. The third-order valence-corrected chi connectivity index (χ3v) is 5.28. The van der Waals surface area contributed by atoms with Gasteiger partial charge < -0.3 is 15.4 Å². The molecule has 0 fully saturated rings. The summed E-state index contributed by atoms with van der Waals surface area (Å²) < 4.78 is 5.69. The average Bonchev–Trinajstić information content (AvgIpc) is 2.80. The Morgan fingerprint density at radius 2 is 1.71 bits per heavy atom. The van der Waals surface area contributed by atoms with Crippen LogP contribution in [0.2, 0.25) is 5.02 Å². The summed E-state index contributed by atoms with van der Waals surface area (Å²) in [5.74, 6) is -0.582. The number of rotatable bonds is 7. The van der Waals surface area contributed by atoms with E-state index < -0.39 is 5.91 Å². The van der Waals surface area contributed by atoms with E-state index in [-0.39, 0.29) is 18.1 Å². The van der Waals surface area contributed by atoms with Gasteiger partial charge in [-0.05, 0) is 68.3 Å². The van der Waals surface area contributed by atoms with Gasteiger partial charge in [0.05, 0.1) is 0 Å². The first-order valence-corrected chi connectivity index (χ1v) is 10.9. The molecule has 6 nitrogen and oxygen atoms in total. The highest BCUT2D eigenvalue weighted by Crippen LogP contribution is 2.26. The molecular weight excluding hydrogens is 450 g/mol. The van der Waals surface area contributed by atoms with Crippen LogP contribution in [-0.4, -0.2) is 18.4 Å². The average molecular weight is 474 g/mol. The molecule has 0 heterocycles. The summed E-state index contributed by atoms with van der Waals surface area (Å²) in [6.07, 6.45) is 1.39. The van der Waals surface area contributed by atoms with Crippen LogP contribution in [-0.2, 0) is 9.59 Å². The molecule has 0 saturated heterocycles. The zero-order valence-corrected chi connectivity index (χ0v) is 19.9. The van der Waals surface area contributed by atoms with Crippen molar-refractivity contribution in [2.75, 3.05) is 17.2 Å². The molecule has 0 aliphatic rings. The van der Waals surface area contributed by atoms with Crippen molar-refractivity contribution in [3.8, 4) is 11.8 Å². The second-order valence-electron chi connectivity index (χ2n) is 7.78. The smallest absolute Gasteiger partial charge is 0.266 e. The number of hydrogen-bond donors (Lipinski definition) is 2. The molecule has 34 heavy (non-hydrogen) atoms. The number of aryl methyl sites for hydroxylation is 3. The number of nitrogens with zero attached hydrogens (tertiary/aromatic N) is 1. The van der Waals surface area contributed by atoms with Gasteiger partial charge in [-0.2, -0.15) is 5.26 Å². The number of amides is 2. The Balaban J connectivity index is 1.77. The van der Waals surface area contributed by atoms with E-state index in [0.717, 1.165) is 16.7 Å². The standard InChI is InChI=1S/C27H24ClN3O3/c1-17-8-10-24(19(3)12-17)31-27(33)21(15-29)13-20-14-22(28)9-11-25(20)34-16-26(32)30-23-7-5-4-6-18(23)2/h4-14H,16H2,1-3H3,(H,30,32)(H,31,33)/b21-13+. The van der Waals surface area contributed by atoms with E-state index in [0.29, 0.717) is 27.7 Å². The molecule has 2 amide bonds. The summed E-state index contributed by atoms with van der Waals surface area (Å²) in [6, 6.07) is 19.7. The molecule has 3 aromatic carbocycles. The summed E-state index contributed by atoms with van der Waals surface area (Å²) in [5, 5.41) is 15.6. The lowest BCUT2D eigenvalue weighted by Gasteiger charge is -2.12. The molecular formula is C27H24ClN3O3. The van der Waals surface area contributed by atoms with Gasteiger partial charge in [0.15, 0.2) is 6.61 Å². The number of carbonyl (C=O) groups is 2. The maximum atomic E-state index is 12.7. The lowest BCUT2D eigenvalue weighted by atomic mass is 10.1. The van der Waals surface area contributed by atoms with E-state index in [1.807, 2.05) is 57.2 Å². The molecule has 0 aliphatic heterocycles. The first-order chi connectivity index (χ1) is 16.3. The van der Waals surface area contributed by atoms with E-state index in [2.05, 4.69) is 10.6 Å². The van der Waals surface area contributed by atoms with Gasteiger partial charge in [-0.1, -0.05) is 47.5 Å². The fourth-order valence-electron chi connectivity index (χ4n) is 3.25. The van der Waals surface area contributed by atoms with E-state index >= 15 is 0 Å². The fraction of sp³-hybridized carbons (Fsp3) is 0.148. The Hall–Kier alpha value is -4.08. The zero-order valence-electron chi connectivity index (χ0n) is 19.1. The zero-order chi connectivity index (χ0) is 24.7. The Bertz CT molecular complexity index is 1310. The normalized spacial score (nSPS) is 10.9. The minimum atomic E-state index is -0.558. The van der Waals surface area contributed by atoms with Gasteiger partial charge in [-0.15, -0.1) is 0 Å². The van der Waals surface area contributed by atoms with Gasteiger partial charge in [-0.25, -0.2) is 0 Å². The molecule has 0 bridgehead atoms. The summed E-state index contributed by atoms with van der Waals surface area (Å²) in [7, 11) is 0. The van der Waals surface area contributed by atoms with Crippen molar-refractivity contribution in [2.24, 2.45) is 0 Å². The molecule has 0 spiro atoms. The molecule has 7 heteroatoms. The molecule has 3 rings (SSSR count). The number of nitriles is 1. The quantitative estimate of drug-likeness (QED) is 0.333. The highest BCUT2D eigenvalue weighted by atomic mass is 35.5. The topological polar surface area (TPSA) is 91.2 Å². The predicted octanol–water partition coefficient (Wildman–Crippen LogP) is 5.83. The predicted molar refractivity (Wildman–Crippen MR) is 135 cm³/mol. The molecule has 0 unspecified atom stereocenters. The van der Waals surface area contributed by atoms with Crippen LogP contribution in [0.4, 0.5) is 11.4 Å². The van der Waals surface area contributed by atoms with Gasteiger partial charge in [-0.3, -0.25) is 9.59 Å². The SMILES string of the molecule is Cc1ccc(NC(=O)/C(C#N)=C/c2cc(Cl)ccc2OCC(=O)Nc2ccccc2C)c(C)c1. The van der Waals surface area contributed by atoms with Crippen LogP contribution < -0.4 is 15.4 Å². The fourth-order valence-corrected chi connectivity index (χ4v) is 3.43. The van der Waals surface area contributed by atoms with E-state index in [4.69, 9.17) is 16.3 Å². The number of carbonyl (C=O) groups excluding carboxylic acids is 2. The number of ether oxygens (including phenoxy) is 1. The number of para-hydroxylation sites is 1. The van der Waals surface area contributed by atoms with Crippen molar-refractivity contribution in [1.82, 2.24) is 0 Å². The first-order valence-electron chi connectivity index (χ1n) is 10.5. The summed E-state index contributed by atoms with van der Waals surface area (Å²) in [5.41, 5.74) is 4.48. The molecule has 172 valence electrons. The van der Waals surface area contributed by atoms with Gasteiger partial charge >= 0.3 is 0 Å². The number of hydrogen-bond acceptors (Lipinski definition) is 4. The Morgan fingerprint density at radius 3 is 2.41 bits per heavy atom. The van der Waals surface area contributed by atoms with Gasteiger partial charge in [0, 0.05) is 22.0 Å². The van der Waals surface area contributed by atoms with Gasteiger partial charge in [0.25, 0.3) is 11.8 Å². The van der Waals surface area contributed by atoms with Crippen molar-refractivity contribution in [3.63, 3.8) is 0 Å². The Labute approximate surface area is 203 Å². The molecule has 0 atom stereocenters. The molecule has 3 aromatic rings. The lowest BCUT2D eigenvalue weighted by Crippen LogP contribution is -2.21. The van der Waals surface area contributed by atoms with Gasteiger partial charge in [0.2, 0.25) is 0 Å². The first kappa shape index (κ1) is 24.6. The highest BCUT2D eigenvalue weighted by Gasteiger charge is 2.14. The minimum Gasteiger partial charge on any atom is -0.483 e. The maximum absolute atomic E-state index is 12.7. The monoisotopic (exact) mass is 473 g/mol. The van der Waals surface area contributed by atoms with Crippen molar-refractivity contribution in [2.45, 2.75) is 20.8 Å². The molecule has 0 aromatic heterocycles. The van der Waals surface area contributed by atoms with Crippen LogP contribution in [0.3, 0.4) is 0 Å². The molecule has 0 radical (unpaired) electrons. The van der Waals surface area contributed by atoms with Crippen molar-refractivity contribution in [1.29, 1.82) is 5.26 Å². The number of benzene rings is 3. The second kappa shape index (κ2) is 11.2. The minimum absolute atomic E-state index is 0.128. The number of halogens is 1. The van der Waals surface area contributed by atoms with Crippen LogP contribution in [0.5, 0.6) is 5.75 Å². The highest BCUT2D eigenvalue weighted by molar-refractivity contribution is 6.30. The van der Waals surface area contributed by atoms with Crippen LogP contribution in [0, 0.1) is 32.1 Å².